The van der Waals surface area contributed by atoms with Crippen LogP contribution in [0.3, 0.4) is 0 Å². The van der Waals surface area contributed by atoms with E-state index in [2.05, 4.69) is 15.4 Å². The predicted octanol–water partition coefficient (Wildman–Crippen LogP) is 1.94. The molecule has 3 nitrogen and oxygen atoms in total. The maximum atomic E-state index is 13.6. The summed E-state index contributed by atoms with van der Waals surface area (Å²) < 4.78 is 27.2. The maximum Gasteiger partial charge on any atom is 0.318 e. The second-order valence-electron chi connectivity index (χ2n) is 2.80. The van der Waals surface area contributed by atoms with Gasteiger partial charge in [0.25, 0.3) is 0 Å². The van der Waals surface area contributed by atoms with Gasteiger partial charge in [-0.25, -0.2) is 0 Å². The summed E-state index contributed by atoms with van der Waals surface area (Å²) in [6, 6.07) is 7.51. The number of nitrogens with one attached hydrogen (secondary N) is 1. The molecule has 1 aromatic heterocycles. The molecule has 0 fully saturated rings. The molecule has 0 atom stereocenters. The third kappa shape index (κ3) is 1.37. The number of hydrogen-bond acceptors (Lipinski definition) is 2. The molecular weight excluding hydrogens is 188 g/mol. The van der Waals surface area contributed by atoms with E-state index in [4.69, 9.17) is 0 Å². The standard InChI is InChI=1S/C9H7F2N3/c10-9(11,8-6-12-14-13-8)7-4-2-1-3-5-7/h1-6H,(H,12,13,14). The third-order valence-corrected chi connectivity index (χ3v) is 1.87. The van der Waals surface area contributed by atoms with Gasteiger partial charge in [-0.2, -0.15) is 8.78 Å². The fourth-order valence-electron chi connectivity index (χ4n) is 1.15. The van der Waals surface area contributed by atoms with E-state index < -0.39 is 5.92 Å². The average molecular weight is 195 g/mol. The van der Waals surface area contributed by atoms with Crippen LogP contribution < -0.4 is 0 Å². The lowest BCUT2D eigenvalue weighted by atomic mass is 10.1. The number of rotatable bonds is 2. The molecule has 0 unspecified atom stereocenters. The van der Waals surface area contributed by atoms with Gasteiger partial charge in [0.05, 0.1) is 6.20 Å². The first-order chi connectivity index (χ1) is 6.71. The lowest BCUT2D eigenvalue weighted by Crippen LogP contribution is -2.15. The molecule has 0 aliphatic carbocycles. The summed E-state index contributed by atoms with van der Waals surface area (Å²) in [6.45, 7) is 0. The van der Waals surface area contributed by atoms with E-state index in [0.717, 1.165) is 6.20 Å². The fourth-order valence-corrected chi connectivity index (χ4v) is 1.15. The van der Waals surface area contributed by atoms with Crippen molar-refractivity contribution in [3.63, 3.8) is 0 Å². The lowest BCUT2D eigenvalue weighted by Gasteiger charge is -2.12. The Balaban J connectivity index is 2.43. The Hall–Kier alpha value is -1.78. The molecule has 2 rings (SSSR count). The normalized spacial score (nSPS) is 11.6. The Morgan fingerprint density at radius 3 is 2.43 bits per heavy atom. The van der Waals surface area contributed by atoms with Crippen LogP contribution in [0.15, 0.2) is 36.5 Å². The van der Waals surface area contributed by atoms with Crippen LogP contribution in [-0.2, 0) is 5.92 Å². The van der Waals surface area contributed by atoms with Crippen molar-refractivity contribution in [2.75, 3.05) is 0 Å². The van der Waals surface area contributed by atoms with Crippen LogP contribution in [-0.4, -0.2) is 15.4 Å². The molecule has 0 aliphatic rings. The number of nitrogens with zero attached hydrogens (tertiary/aromatic N) is 2. The monoisotopic (exact) mass is 195 g/mol. The molecule has 0 spiro atoms. The molecule has 0 saturated heterocycles. The quantitative estimate of drug-likeness (QED) is 0.795. The average Bonchev–Trinajstić information content (AvgIpc) is 2.72. The van der Waals surface area contributed by atoms with Crippen molar-refractivity contribution in [1.82, 2.24) is 15.4 Å². The van der Waals surface area contributed by atoms with Crippen molar-refractivity contribution in [2.45, 2.75) is 5.92 Å². The van der Waals surface area contributed by atoms with Crippen LogP contribution in [0.1, 0.15) is 11.3 Å². The SMILES string of the molecule is FC(F)(c1ccccc1)c1c[nH]nn1. The Bertz CT molecular complexity index is 397. The van der Waals surface area contributed by atoms with Crippen LogP contribution >= 0.6 is 0 Å². The van der Waals surface area contributed by atoms with Crippen molar-refractivity contribution in [3.05, 3.63) is 47.8 Å². The summed E-state index contributed by atoms with van der Waals surface area (Å²) in [5.41, 5.74) is -0.461. The number of aromatic nitrogens is 3. The summed E-state index contributed by atoms with van der Waals surface area (Å²) in [6.07, 6.45) is 1.09. The van der Waals surface area contributed by atoms with Gasteiger partial charge in [-0.3, -0.25) is 5.10 Å². The molecule has 0 bridgehead atoms. The summed E-state index contributed by atoms with van der Waals surface area (Å²) in [5, 5.41) is 8.83. The van der Waals surface area contributed by atoms with Crippen molar-refractivity contribution < 1.29 is 8.78 Å². The zero-order chi connectivity index (χ0) is 10.0. The Labute approximate surface area is 78.8 Å². The van der Waals surface area contributed by atoms with Crippen LogP contribution in [0.4, 0.5) is 8.78 Å². The number of benzene rings is 1. The maximum absolute atomic E-state index is 13.6. The summed E-state index contributed by atoms with van der Waals surface area (Å²) in [5.74, 6) is -3.09. The van der Waals surface area contributed by atoms with Crippen molar-refractivity contribution in [1.29, 1.82) is 0 Å². The second-order valence-corrected chi connectivity index (χ2v) is 2.80. The van der Waals surface area contributed by atoms with Crippen LogP contribution in [0.5, 0.6) is 0 Å². The summed E-state index contributed by atoms with van der Waals surface area (Å²) >= 11 is 0. The Kier molecular flexibility index (Phi) is 1.99. The highest BCUT2D eigenvalue weighted by Gasteiger charge is 2.36. The Morgan fingerprint density at radius 1 is 1.14 bits per heavy atom. The minimum absolute atomic E-state index is 0.0890. The first-order valence-electron chi connectivity index (χ1n) is 4.01. The third-order valence-electron chi connectivity index (χ3n) is 1.87. The largest absolute Gasteiger partial charge is 0.318 e. The van der Waals surface area contributed by atoms with Gasteiger partial charge in [0.2, 0.25) is 0 Å². The number of aromatic amines is 1. The fraction of sp³-hybridized carbons (Fsp3) is 0.111. The molecule has 1 heterocycles. The second kappa shape index (κ2) is 3.17. The number of H-pyrrole nitrogens is 1. The van der Waals surface area contributed by atoms with Gasteiger partial charge in [-0.05, 0) is 0 Å². The predicted molar refractivity (Wildman–Crippen MR) is 45.8 cm³/mol. The molecule has 0 amide bonds. The molecule has 5 heteroatoms. The molecule has 14 heavy (non-hydrogen) atoms. The van der Waals surface area contributed by atoms with Gasteiger partial charge < -0.3 is 0 Å². The molecule has 0 aliphatic heterocycles. The van der Waals surface area contributed by atoms with E-state index in [1.165, 1.54) is 12.1 Å². The summed E-state index contributed by atoms with van der Waals surface area (Å²) in [7, 11) is 0. The van der Waals surface area contributed by atoms with Gasteiger partial charge in [-0.15, -0.1) is 5.10 Å². The first-order valence-corrected chi connectivity index (χ1v) is 4.01. The highest BCUT2D eigenvalue weighted by molar-refractivity contribution is 5.27. The zero-order valence-corrected chi connectivity index (χ0v) is 7.11. The van der Waals surface area contributed by atoms with Gasteiger partial charge in [0.15, 0.2) is 5.69 Å². The number of alkyl halides is 2. The lowest BCUT2D eigenvalue weighted by molar-refractivity contribution is 0.0379. The van der Waals surface area contributed by atoms with Crippen LogP contribution in [0.25, 0.3) is 0 Å². The number of halogens is 2. The van der Waals surface area contributed by atoms with E-state index >= 15 is 0 Å². The highest BCUT2D eigenvalue weighted by Crippen LogP contribution is 2.33. The highest BCUT2D eigenvalue weighted by atomic mass is 19.3. The minimum Gasteiger partial charge on any atom is -0.265 e. The van der Waals surface area contributed by atoms with Crippen molar-refractivity contribution in [3.8, 4) is 0 Å². The smallest absolute Gasteiger partial charge is 0.265 e. The van der Waals surface area contributed by atoms with E-state index in [9.17, 15) is 8.78 Å². The summed E-state index contributed by atoms with van der Waals surface area (Å²) in [4.78, 5) is 0. The van der Waals surface area contributed by atoms with Crippen molar-refractivity contribution in [2.24, 2.45) is 0 Å². The number of hydrogen-bond donors (Lipinski definition) is 1. The van der Waals surface area contributed by atoms with Crippen LogP contribution in [0.2, 0.25) is 0 Å². The molecule has 0 radical (unpaired) electrons. The van der Waals surface area contributed by atoms with Gasteiger partial charge in [0, 0.05) is 5.56 Å². The first kappa shape index (κ1) is 8.80. The molecular formula is C9H7F2N3. The molecule has 72 valence electrons. The van der Waals surface area contributed by atoms with Gasteiger partial charge >= 0.3 is 5.92 Å². The van der Waals surface area contributed by atoms with Crippen LogP contribution in [0, 0.1) is 0 Å². The van der Waals surface area contributed by atoms with Gasteiger partial charge in [-0.1, -0.05) is 35.5 Å². The molecule has 0 saturated carbocycles. The Morgan fingerprint density at radius 2 is 1.86 bits per heavy atom. The molecule has 1 N–H and O–H groups in total. The van der Waals surface area contributed by atoms with E-state index in [0.29, 0.717) is 0 Å². The van der Waals surface area contributed by atoms with Crippen molar-refractivity contribution >= 4 is 0 Å². The molecule has 2 aromatic rings. The van der Waals surface area contributed by atoms with E-state index in [1.807, 2.05) is 0 Å². The van der Waals surface area contributed by atoms with E-state index in [1.54, 1.807) is 18.2 Å². The molecule has 1 aromatic carbocycles. The minimum atomic E-state index is -3.09. The van der Waals surface area contributed by atoms with E-state index in [-0.39, 0.29) is 11.3 Å². The zero-order valence-electron chi connectivity index (χ0n) is 7.11. The van der Waals surface area contributed by atoms with Gasteiger partial charge in [0.1, 0.15) is 0 Å². The topological polar surface area (TPSA) is 41.6 Å².